The molecule has 3 N–H and O–H groups in total. The summed E-state index contributed by atoms with van der Waals surface area (Å²) < 4.78 is 5.41. The summed E-state index contributed by atoms with van der Waals surface area (Å²) in [4.78, 5) is 24.4. The fourth-order valence-electron chi connectivity index (χ4n) is 6.65. The van der Waals surface area contributed by atoms with Crippen LogP contribution in [0, 0.1) is 0 Å². The molecule has 0 saturated heterocycles. The van der Waals surface area contributed by atoms with Gasteiger partial charge in [0.05, 0.1) is 25.4 Å². The lowest BCUT2D eigenvalue weighted by molar-refractivity contribution is -0.143. The zero-order chi connectivity index (χ0) is 40.1. The molecule has 0 aromatic heterocycles. The molecule has 0 fully saturated rings. The van der Waals surface area contributed by atoms with Gasteiger partial charge in [-0.3, -0.25) is 9.59 Å². The van der Waals surface area contributed by atoms with E-state index in [0.29, 0.717) is 19.4 Å². The van der Waals surface area contributed by atoms with Crippen molar-refractivity contribution in [3.8, 4) is 0 Å². The van der Waals surface area contributed by atoms with Gasteiger partial charge in [-0.05, 0) is 89.9 Å². The predicted molar refractivity (Wildman–Crippen MR) is 236 cm³/mol. The Kier molecular flexibility index (Phi) is 42.8. The first-order valence-corrected chi connectivity index (χ1v) is 23.4. The molecule has 0 aromatic rings. The van der Waals surface area contributed by atoms with Gasteiger partial charge >= 0.3 is 5.97 Å². The fourth-order valence-corrected chi connectivity index (χ4v) is 6.65. The number of rotatable bonds is 42. The Bertz CT molecular complexity index is 942. The lowest BCUT2D eigenvalue weighted by Crippen LogP contribution is -2.45. The lowest BCUT2D eigenvalue weighted by atomic mass is 10.0. The van der Waals surface area contributed by atoms with Crippen LogP contribution in [-0.4, -0.2) is 47.4 Å². The number of carbonyl (C=O) groups excluding carboxylic acids is 2. The molecular weight excluding hydrogens is 683 g/mol. The Hall–Kier alpha value is -2.18. The van der Waals surface area contributed by atoms with E-state index >= 15 is 0 Å². The van der Waals surface area contributed by atoms with Crippen LogP contribution < -0.4 is 5.32 Å². The van der Waals surface area contributed by atoms with E-state index in [-0.39, 0.29) is 18.5 Å². The van der Waals surface area contributed by atoms with Gasteiger partial charge in [-0.2, -0.15) is 0 Å². The van der Waals surface area contributed by atoms with Gasteiger partial charge in [0.2, 0.25) is 5.91 Å². The van der Waals surface area contributed by atoms with Gasteiger partial charge in [-0.15, -0.1) is 0 Å². The van der Waals surface area contributed by atoms with Crippen molar-refractivity contribution >= 4 is 11.9 Å². The monoisotopic (exact) mass is 772 g/mol. The number of aliphatic hydroxyl groups excluding tert-OH is 2. The van der Waals surface area contributed by atoms with Crippen LogP contribution in [0.15, 0.2) is 48.6 Å². The highest BCUT2D eigenvalue weighted by atomic mass is 16.5. The van der Waals surface area contributed by atoms with Crippen LogP contribution in [-0.2, 0) is 14.3 Å². The average Bonchev–Trinajstić information content (AvgIpc) is 3.18. The van der Waals surface area contributed by atoms with Crippen molar-refractivity contribution in [3.05, 3.63) is 48.6 Å². The first-order valence-electron chi connectivity index (χ1n) is 23.4. The van der Waals surface area contributed by atoms with Crippen molar-refractivity contribution < 1.29 is 24.5 Å². The van der Waals surface area contributed by atoms with Crippen LogP contribution in [0.5, 0.6) is 0 Å². The molecule has 0 aliphatic rings. The minimum atomic E-state index is -0.866. The van der Waals surface area contributed by atoms with Crippen molar-refractivity contribution in [2.45, 2.75) is 238 Å². The number of carbonyl (C=O) groups is 2. The number of esters is 1. The van der Waals surface area contributed by atoms with E-state index in [2.05, 4.69) is 55.6 Å². The topological polar surface area (TPSA) is 95.9 Å². The molecule has 6 heteroatoms. The van der Waals surface area contributed by atoms with Gasteiger partial charge in [0.1, 0.15) is 0 Å². The average molecular weight is 772 g/mol. The first-order chi connectivity index (χ1) is 27.0. The second-order valence-corrected chi connectivity index (χ2v) is 15.7. The quantitative estimate of drug-likeness (QED) is 0.0326. The van der Waals surface area contributed by atoms with E-state index in [1.54, 1.807) is 6.08 Å². The van der Waals surface area contributed by atoms with Crippen LogP contribution >= 0.6 is 0 Å². The summed E-state index contributed by atoms with van der Waals surface area (Å²) in [5, 5.41) is 22.9. The third kappa shape index (κ3) is 41.3. The molecule has 0 aliphatic heterocycles. The molecule has 1 amide bonds. The smallest absolute Gasteiger partial charge is 0.305 e. The number of unbranched alkanes of at least 4 members (excludes halogenated alkanes) is 25. The number of nitrogens with one attached hydrogen (secondary N) is 1. The summed E-state index contributed by atoms with van der Waals surface area (Å²) >= 11 is 0. The molecule has 0 aromatic carbocycles. The third-order valence-corrected chi connectivity index (χ3v) is 10.3. The molecule has 0 rings (SSSR count). The molecule has 6 nitrogen and oxygen atoms in total. The van der Waals surface area contributed by atoms with E-state index < -0.39 is 12.1 Å². The summed E-state index contributed by atoms with van der Waals surface area (Å²) in [6.07, 6.45) is 53.8. The highest BCUT2D eigenvalue weighted by molar-refractivity contribution is 5.76. The Morgan fingerprint density at radius 1 is 0.509 bits per heavy atom. The van der Waals surface area contributed by atoms with Gasteiger partial charge in [-0.1, -0.05) is 172 Å². The maximum atomic E-state index is 12.4. The number of allylic oxidation sites excluding steroid dienone is 7. The highest BCUT2D eigenvalue weighted by Gasteiger charge is 2.18. The molecule has 0 aliphatic carbocycles. The van der Waals surface area contributed by atoms with Gasteiger partial charge in [0.25, 0.3) is 0 Å². The van der Waals surface area contributed by atoms with Crippen LogP contribution in [0.2, 0.25) is 0 Å². The van der Waals surface area contributed by atoms with Gasteiger partial charge < -0.3 is 20.3 Å². The predicted octanol–water partition coefficient (Wildman–Crippen LogP) is 13.5. The highest BCUT2D eigenvalue weighted by Crippen LogP contribution is 2.13. The second-order valence-electron chi connectivity index (χ2n) is 15.7. The molecule has 2 unspecified atom stereocenters. The van der Waals surface area contributed by atoms with E-state index in [4.69, 9.17) is 4.74 Å². The van der Waals surface area contributed by atoms with Gasteiger partial charge in [0.15, 0.2) is 0 Å². The number of hydrogen-bond donors (Lipinski definition) is 3. The Labute approximate surface area is 340 Å². The Morgan fingerprint density at radius 3 is 1.44 bits per heavy atom. The third-order valence-electron chi connectivity index (χ3n) is 10.3. The minimum Gasteiger partial charge on any atom is -0.466 e. The van der Waals surface area contributed by atoms with Crippen molar-refractivity contribution in [2.75, 3.05) is 13.2 Å². The minimum absolute atomic E-state index is 0.0538. The summed E-state index contributed by atoms with van der Waals surface area (Å²) in [5.41, 5.74) is 0. The first kappa shape index (κ1) is 52.8. The van der Waals surface area contributed by atoms with Crippen molar-refractivity contribution in [1.82, 2.24) is 5.32 Å². The molecule has 0 radical (unpaired) electrons. The number of aliphatic hydroxyl groups is 2. The van der Waals surface area contributed by atoms with Crippen LogP contribution in [0.1, 0.15) is 226 Å². The molecule has 0 bridgehead atoms. The normalized spacial score (nSPS) is 13.2. The molecule has 0 saturated carbocycles. The van der Waals surface area contributed by atoms with E-state index in [0.717, 1.165) is 89.9 Å². The summed E-state index contributed by atoms with van der Waals surface area (Å²) in [5.74, 6) is -0.161. The Balaban J connectivity index is 3.60. The fraction of sp³-hybridized carbons (Fsp3) is 0.796. The molecule has 320 valence electrons. The van der Waals surface area contributed by atoms with Crippen LogP contribution in [0.3, 0.4) is 0 Å². The maximum Gasteiger partial charge on any atom is 0.305 e. The summed E-state index contributed by atoms with van der Waals surface area (Å²) in [6, 6.07) is -0.654. The SMILES string of the molecule is CCCCC/C=C\C/C=C\CCCCCCCC(=O)OCCCC/C=C\CCCCCCC(=O)NC(CO)C(O)/C=C/CCCCCCCCCCCCC. The molecule has 0 spiro atoms. The van der Waals surface area contributed by atoms with Crippen LogP contribution in [0.4, 0.5) is 0 Å². The van der Waals surface area contributed by atoms with E-state index in [1.165, 1.54) is 109 Å². The zero-order valence-corrected chi connectivity index (χ0v) is 36.1. The summed E-state index contributed by atoms with van der Waals surface area (Å²) in [6.45, 7) is 4.75. The van der Waals surface area contributed by atoms with Crippen molar-refractivity contribution in [2.24, 2.45) is 0 Å². The van der Waals surface area contributed by atoms with Gasteiger partial charge in [-0.25, -0.2) is 0 Å². The Morgan fingerprint density at radius 2 is 0.909 bits per heavy atom. The standard InChI is InChI=1S/C49H89NO5/c1-3-5-7-9-11-13-15-17-18-20-22-27-31-35-39-43-49(54)55-44-40-36-32-28-24-23-26-30-34-38-42-48(53)50-46(45-51)47(52)41-37-33-29-25-21-19-16-14-12-10-8-6-4-2/h11,13,17-18,24,28,37,41,46-47,51-52H,3-10,12,14-16,19-23,25-27,29-36,38-40,42-45H2,1-2H3,(H,50,53)/b13-11-,18-17-,28-24-,41-37+. The van der Waals surface area contributed by atoms with Crippen molar-refractivity contribution in [1.29, 1.82) is 0 Å². The zero-order valence-electron chi connectivity index (χ0n) is 36.1. The van der Waals surface area contributed by atoms with E-state index in [1.807, 2.05) is 6.08 Å². The number of ether oxygens (including phenoxy) is 1. The van der Waals surface area contributed by atoms with Gasteiger partial charge in [0, 0.05) is 12.8 Å². The molecule has 0 heterocycles. The largest absolute Gasteiger partial charge is 0.466 e. The maximum absolute atomic E-state index is 12.4. The van der Waals surface area contributed by atoms with Crippen LogP contribution in [0.25, 0.3) is 0 Å². The molecule has 2 atom stereocenters. The van der Waals surface area contributed by atoms with Crippen molar-refractivity contribution in [3.63, 3.8) is 0 Å². The lowest BCUT2D eigenvalue weighted by Gasteiger charge is -2.20. The van der Waals surface area contributed by atoms with E-state index in [9.17, 15) is 19.8 Å². The second kappa shape index (κ2) is 44.5. The molecular formula is C49H89NO5. The summed E-state index contributed by atoms with van der Waals surface area (Å²) in [7, 11) is 0. The number of amides is 1. The molecule has 55 heavy (non-hydrogen) atoms. The number of hydrogen-bond acceptors (Lipinski definition) is 5.